The molecule has 0 amide bonds. The SMILES string of the molecule is CCOC(CCS)COC(CCS)COC(CCS)COC(O)CCS. The lowest BCUT2D eigenvalue weighted by Crippen LogP contribution is -2.32. The number of hydrogen-bond donors (Lipinski definition) is 5. The summed E-state index contributed by atoms with van der Waals surface area (Å²) in [6, 6.07) is 0. The Kier molecular flexibility index (Phi) is 20.4. The van der Waals surface area contributed by atoms with Gasteiger partial charge < -0.3 is 24.1 Å². The van der Waals surface area contributed by atoms with Crippen molar-refractivity contribution in [3.05, 3.63) is 0 Å². The number of rotatable bonds is 19. The zero-order valence-corrected chi connectivity index (χ0v) is 19.2. The molecule has 0 heterocycles. The van der Waals surface area contributed by atoms with Crippen LogP contribution in [0.4, 0.5) is 0 Å². The van der Waals surface area contributed by atoms with Crippen LogP contribution in [-0.4, -0.2) is 79.1 Å². The maximum atomic E-state index is 9.67. The van der Waals surface area contributed by atoms with Gasteiger partial charge in [-0.05, 0) is 49.2 Å². The first kappa shape index (κ1) is 27.2. The zero-order chi connectivity index (χ0) is 19.6. The average molecular weight is 449 g/mol. The van der Waals surface area contributed by atoms with Gasteiger partial charge in [-0.1, -0.05) is 0 Å². The quantitative estimate of drug-likeness (QED) is 0.155. The smallest absolute Gasteiger partial charge is 0.155 e. The van der Waals surface area contributed by atoms with E-state index in [2.05, 4.69) is 50.5 Å². The van der Waals surface area contributed by atoms with E-state index < -0.39 is 6.29 Å². The average Bonchev–Trinajstić information content (AvgIpc) is 2.62. The zero-order valence-electron chi connectivity index (χ0n) is 15.7. The number of ether oxygens (including phenoxy) is 4. The summed E-state index contributed by atoms with van der Waals surface area (Å²) in [5.41, 5.74) is 0. The van der Waals surface area contributed by atoms with Gasteiger partial charge in [0, 0.05) is 13.0 Å². The summed E-state index contributed by atoms with van der Waals surface area (Å²) < 4.78 is 23.0. The summed E-state index contributed by atoms with van der Waals surface area (Å²) in [6.07, 6.45) is 1.93. The van der Waals surface area contributed by atoms with Crippen molar-refractivity contribution in [1.82, 2.24) is 0 Å². The molecule has 0 spiro atoms. The van der Waals surface area contributed by atoms with Crippen molar-refractivity contribution < 1.29 is 24.1 Å². The van der Waals surface area contributed by atoms with Crippen LogP contribution in [0, 0.1) is 0 Å². The fourth-order valence-corrected chi connectivity index (χ4v) is 3.30. The number of thiol groups is 4. The van der Waals surface area contributed by atoms with Gasteiger partial charge in [-0.2, -0.15) is 50.5 Å². The molecule has 9 heteroatoms. The number of aliphatic hydroxyl groups is 1. The molecule has 1 N–H and O–H groups in total. The molecule has 0 aliphatic heterocycles. The first-order chi connectivity index (χ1) is 12.6. The molecule has 4 unspecified atom stereocenters. The van der Waals surface area contributed by atoms with E-state index in [9.17, 15) is 5.11 Å². The molecule has 0 aromatic rings. The first-order valence-electron chi connectivity index (χ1n) is 9.19. The van der Waals surface area contributed by atoms with Crippen LogP contribution in [-0.2, 0) is 18.9 Å². The standard InChI is InChI=1S/C17H36O5S4/c1-2-19-14(3-7-23)11-20-15(4-8-24)12-21-16(5-9-25)13-22-17(18)6-10-26/h14-18,23-26H,2-13H2,1H3. The lowest BCUT2D eigenvalue weighted by Gasteiger charge is -2.25. The molecule has 4 atom stereocenters. The minimum atomic E-state index is -0.809. The Labute approximate surface area is 180 Å². The van der Waals surface area contributed by atoms with E-state index in [1.54, 1.807) is 0 Å². The van der Waals surface area contributed by atoms with Gasteiger partial charge in [0.25, 0.3) is 0 Å². The molecule has 5 nitrogen and oxygen atoms in total. The molecule has 0 saturated heterocycles. The van der Waals surface area contributed by atoms with Crippen LogP contribution in [0.25, 0.3) is 0 Å². The highest BCUT2D eigenvalue weighted by Gasteiger charge is 2.17. The van der Waals surface area contributed by atoms with Gasteiger partial charge in [-0.15, -0.1) is 0 Å². The largest absolute Gasteiger partial charge is 0.376 e. The van der Waals surface area contributed by atoms with Gasteiger partial charge in [0.15, 0.2) is 6.29 Å². The first-order valence-corrected chi connectivity index (χ1v) is 11.7. The molecule has 0 aromatic carbocycles. The van der Waals surface area contributed by atoms with Crippen LogP contribution < -0.4 is 0 Å². The van der Waals surface area contributed by atoms with E-state index in [-0.39, 0.29) is 18.3 Å². The molecule has 0 bridgehead atoms. The highest BCUT2D eigenvalue weighted by Crippen LogP contribution is 2.11. The molecule has 0 fully saturated rings. The van der Waals surface area contributed by atoms with Crippen molar-refractivity contribution in [3.63, 3.8) is 0 Å². The van der Waals surface area contributed by atoms with Crippen molar-refractivity contribution in [3.8, 4) is 0 Å². The summed E-state index contributed by atoms with van der Waals surface area (Å²) in [4.78, 5) is 0. The fraction of sp³-hybridized carbons (Fsp3) is 1.00. The second kappa shape index (κ2) is 19.5. The minimum absolute atomic E-state index is 0.0490. The summed E-state index contributed by atoms with van der Waals surface area (Å²) in [5.74, 6) is 2.74. The van der Waals surface area contributed by atoms with E-state index >= 15 is 0 Å². The third-order valence-electron chi connectivity index (χ3n) is 3.64. The van der Waals surface area contributed by atoms with Gasteiger partial charge in [0.05, 0.1) is 38.1 Å². The molecule has 158 valence electrons. The Hall–Kier alpha value is 1.20. The second-order valence-corrected chi connectivity index (χ2v) is 7.61. The van der Waals surface area contributed by atoms with E-state index in [1.807, 2.05) is 6.92 Å². The maximum absolute atomic E-state index is 9.67. The summed E-state index contributed by atoms with van der Waals surface area (Å²) in [5, 5.41) is 9.67. The van der Waals surface area contributed by atoms with Gasteiger partial charge in [0.2, 0.25) is 0 Å². The molecule has 26 heavy (non-hydrogen) atoms. The minimum Gasteiger partial charge on any atom is -0.376 e. The predicted octanol–water partition coefficient (Wildman–Crippen LogP) is 2.78. The predicted molar refractivity (Wildman–Crippen MR) is 121 cm³/mol. The Bertz CT molecular complexity index is 296. The Morgan fingerprint density at radius 3 is 1.38 bits per heavy atom. The summed E-state index contributed by atoms with van der Waals surface area (Å²) >= 11 is 16.9. The van der Waals surface area contributed by atoms with Crippen LogP contribution >= 0.6 is 50.5 Å². The fourth-order valence-electron chi connectivity index (χ4n) is 2.21. The van der Waals surface area contributed by atoms with Crippen LogP contribution in [0.3, 0.4) is 0 Å². The molecule has 0 saturated carbocycles. The molecule has 0 aromatic heterocycles. The number of aliphatic hydroxyl groups excluding tert-OH is 1. The van der Waals surface area contributed by atoms with E-state index in [1.165, 1.54) is 0 Å². The monoisotopic (exact) mass is 448 g/mol. The van der Waals surface area contributed by atoms with Gasteiger partial charge in [-0.25, -0.2) is 0 Å². The molecular weight excluding hydrogens is 412 g/mol. The molecule has 0 radical (unpaired) electrons. The van der Waals surface area contributed by atoms with Crippen molar-refractivity contribution in [2.24, 2.45) is 0 Å². The van der Waals surface area contributed by atoms with Crippen molar-refractivity contribution >= 4 is 50.5 Å². The molecular formula is C17H36O5S4. The molecule has 0 aliphatic rings. The Morgan fingerprint density at radius 1 is 0.615 bits per heavy atom. The highest BCUT2D eigenvalue weighted by molar-refractivity contribution is 7.80. The second-order valence-electron chi connectivity index (χ2n) is 5.83. The molecule has 0 rings (SSSR count). The Balaban J connectivity index is 4.36. The third-order valence-corrected chi connectivity index (χ3v) is 4.67. The summed E-state index contributed by atoms with van der Waals surface area (Å²) in [7, 11) is 0. The van der Waals surface area contributed by atoms with Gasteiger partial charge >= 0.3 is 0 Å². The van der Waals surface area contributed by atoms with Crippen LogP contribution in [0.5, 0.6) is 0 Å². The highest BCUT2D eigenvalue weighted by atomic mass is 32.1. The molecule has 0 aliphatic carbocycles. The normalized spacial score (nSPS) is 16.4. The van der Waals surface area contributed by atoms with Crippen molar-refractivity contribution in [2.75, 3.05) is 49.4 Å². The lowest BCUT2D eigenvalue weighted by molar-refractivity contribution is -0.142. The topological polar surface area (TPSA) is 57.2 Å². The Morgan fingerprint density at radius 2 is 1.00 bits per heavy atom. The van der Waals surface area contributed by atoms with Crippen molar-refractivity contribution in [1.29, 1.82) is 0 Å². The van der Waals surface area contributed by atoms with Gasteiger partial charge in [-0.3, -0.25) is 0 Å². The third kappa shape index (κ3) is 15.2. The van der Waals surface area contributed by atoms with Crippen molar-refractivity contribution in [2.45, 2.75) is 57.2 Å². The van der Waals surface area contributed by atoms with Crippen LogP contribution in [0.2, 0.25) is 0 Å². The lowest BCUT2D eigenvalue weighted by atomic mass is 10.2. The summed E-state index contributed by atoms with van der Waals surface area (Å²) in [6.45, 7) is 3.93. The maximum Gasteiger partial charge on any atom is 0.155 e. The van der Waals surface area contributed by atoms with E-state index in [0.29, 0.717) is 50.1 Å². The van der Waals surface area contributed by atoms with E-state index in [4.69, 9.17) is 18.9 Å². The van der Waals surface area contributed by atoms with E-state index in [0.717, 1.165) is 25.0 Å². The van der Waals surface area contributed by atoms with Gasteiger partial charge in [0.1, 0.15) is 0 Å². The van der Waals surface area contributed by atoms with Crippen LogP contribution in [0.1, 0.15) is 32.6 Å². The van der Waals surface area contributed by atoms with Crippen LogP contribution in [0.15, 0.2) is 0 Å². The number of hydrogen-bond acceptors (Lipinski definition) is 9.